The minimum Gasteiger partial charge on any atom is -0.384 e. The van der Waals surface area contributed by atoms with Gasteiger partial charge in [0, 0.05) is 37.9 Å². The molecule has 1 aliphatic heterocycles. The number of carbonyl (C=O) groups excluding carboxylic acids is 1. The minimum absolute atomic E-state index is 0.102. The van der Waals surface area contributed by atoms with Crippen LogP contribution >= 0.6 is 0 Å². The maximum atomic E-state index is 14.0. The van der Waals surface area contributed by atoms with E-state index >= 15 is 0 Å². The molecule has 2 heterocycles. The molecular weight excluding hydrogens is 414 g/mol. The smallest absolute Gasteiger partial charge is 0.257 e. The molecule has 0 radical (unpaired) electrons. The van der Waals surface area contributed by atoms with Gasteiger partial charge in [-0.1, -0.05) is 30.3 Å². The Morgan fingerprint density at radius 1 is 1.22 bits per heavy atom. The van der Waals surface area contributed by atoms with Crippen LogP contribution in [0.25, 0.3) is 0 Å². The third-order valence-corrected chi connectivity index (χ3v) is 6.68. The Labute approximate surface area is 186 Å². The van der Waals surface area contributed by atoms with Crippen molar-refractivity contribution in [1.29, 1.82) is 0 Å². The lowest BCUT2D eigenvalue weighted by Gasteiger charge is -2.37. The van der Waals surface area contributed by atoms with Crippen molar-refractivity contribution in [2.45, 2.75) is 56.6 Å². The summed E-state index contributed by atoms with van der Waals surface area (Å²) in [4.78, 5) is 19.8. The Morgan fingerprint density at radius 2 is 1.91 bits per heavy atom. The predicted molar refractivity (Wildman–Crippen MR) is 119 cm³/mol. The average molecular weight is 445 g/mol. The first kappa shape index (κ1) is 22.5. The van der Waals surface area contributed by atoms with Crippen LogP contribution in [0.15, 0.2) is 42.5 Å². The Morgan fingerprint density at radius 3 is 2.50 bits per heavy atom. The molecule has 6 nitrogen and oxygen atoms in total. The molecule has 2 aromatic rings. The van der Waals surface area contributed by atoms with Gasteiger partial charge in [-0.2, -0.15) is 0 Å². The van der Waals surface area contributed by atoms with Crippen LogP contribution in [-0.2, 0) is 10.4 Å². The lowest BCUT2D eigenvalue weighted by molar-refractivity contribution is -0.149. The van der Waals surface area contributed by atoms with Gasteiger partial charge in [0.05, 0.1) is 0 Å². The van der Waals surface area contributed by atoms with Crippen molar-refractivity contribution in [1.82, 2.24) is 10.3 Å². The van der Waals surface area contributed by atoms with E-state index in [1.807, 2.05) is 19.1 Å². The number of nitrogen functional groups attached to an aromatic ring is 1. The number of carbonyl (C=O) groups is 1. The van der Waals surface area contributed by atoms with Gasteiger partial charge >= 0.3 is 0 Å². The highest BCUT2D eigenvalue weighted by Gasteiger charge is 2.53. The topological polar surface area (TPSA) is 91.5 Å². The van der Waals surface area contributed by atoms with Crippen LogP contribution in [-0.4, -0.2) is 41.1 Å². The quantitative estimate of drug-likeness (QED) is 0.658. The number of aryl methyl sites for hydroxylation is 1. The second-order valence-corrected chi connectivity index (χ2v) is 9.09. The van der Waals surface area contributed by atoms with Crippen LogP contribution in [0.5, 0.6) is 0 Å². The van der Waals surface area contributed by atoms with Gasteiger partial charge in [0.1, 0.15) is 11.6 Å². The van der Waals surface area contributed by atoms with Gasteiger partial charge in [0.2, 0.25) is 5.92 Å². The van der Waals surface area contributed by atoms with Crippen molar-refractivity contribution >= 4 is 17.5 Å². The second kappa shape index (κ2) is 8.65. The van der Waals surface area contributed by atoms with Gasteiger partial charge in [0.25, 0.3) is 5.91 Å². The largest absolute Gasteiger partial charge is 0.384 e. The first-order valence-corrected chi connectivity index (χ1v) is 11.1. The molecule has 2 atom stereocenters. The average Bonchev–Trinajstić information content (AvgIpc) is 3.13. The lowest BCUT2D eigenvalue weighted by Crippen LogP contribution is -2.54. The zero-order chi connectivity index (χ0) is 22.9. The summed E-state index contributed by atoms with van der Waals surface area (Å²) in [6, 6.07) is 12.1. The van der Waals surface area contributed by atoms with E-state index in [9.17, 15) is 18.7 Å². The summed E-state index contributed by atoms with van der Waals surface area (Å²) in [7, 11) is 0. The Kier molecular flexibility index (Phi) is 6.07. The highest BCUT2D eigenvalue weighted by Crippen LogP contribution is 2.47. The monoisotopic (exact) mass is 444 g/mol. The number of anilines is 2. The SMILES string of the molecule is Cc1cc(N)nc(N2CCC(NC(=O)C(O)(c3ccccc3)[C@@H]3CCC(F)(F)C3)CC2)c1. The number of aromatic nitrogens is 1. The van der Waals surface area contributed by atoms with E-state index in [2.05, 4.69) is 15.2 Å². The molecule has 2 aliphatic rings. The molecule has 0 spiro atoms. The van der Waals surface area contributed by atoms with E-state index in [4.69, 9.17) is 5.73 Å². The van der Waals surface area contributed by atoms with Crippen molar-refractivity contribution in [3.05, 3.63) is 53.6 Å². The summed E-state index contributed by atoms with van der Waals surface area (Å²) >= 11 is 0. The van der Waals surface area contributed by atoms with E-state index in [0.717, 1.165) is 11.4 Å². The number of benzene rings is 1. The molecule has 1 aromatic carbocycles. The van der Waals surface area contributed by atoms with Crippen LogP contribution in [0, 0.1) is 12.8 Å². The lowest BCUT2D eigenvalue weighted by atomic mass is 9.79. The van der Waals surface area contributed by atoms with Crippen LogP contribution in [0.3, 0.4) is 0 Å². The van der Waals surface area contributed by atoms with Gasteiger partial charge in [-0.15, -0.1) is 0 Å². The fraction of sp³-hybridized carbons (Fsp3) is 0.500. The molecule has 1 aliphatic carbocycles. The molecule has 1 amide bonds. The van der Waals surface area contributed by atoms with Gasteiger partial charge in [-0.25, -0.2) is 13.8 Å². The third-order valence-electron chi connectivity index (χ3n) is 6.68. The maximum Gasteiger partial charge on any atom is 0.257 e. The highest BCUT2D eigenvalue weighted by molar-refractivity contribution is 5.87. The second-order valence-electron chi connectivity index (χ2n) is 9.09. The van der Waals surface area contributed by atoms with Crippen molar-refractivity contribution in [2.75, 3.05) is 23.7 Å². The fourth-order valence-corrected chi connectivity index (χ4v) is 4.94. The minimum atomic E-state index is -2.86. The zero-order valence-corrected chi connectivity index (χ0v) is 18.2. The number of nitrogens with zero attached hydrogens (tertiary/aromatic N) is 2. The molecule has 1 unspecified atom stereocenters. The summed E-state index contributed by atoms with van der Waals surface area (Å²) in [5.74, 6) is -3.01. The number of alkyl halides is 2. The van der Waals surface area contributed by atoms with Crippen LogP contribution in [0.1, 0.15) is 43.2 Å². The predicted octanol–water partition coefficient (Wildman–Crippen LogP) is 3.38. The first-order chi connectivity index (χ1) is 15.2. The van der Waals surface area contributed by atoms with E-state index < -0.39 is 29.8 Å². The van der Waals surface area contributed by atoms with Crippen molar-refractivity contribution in [3.8, 4) is 0 Å². The number of rotatable bonds is 5. The molecule has 1 aromatic heterocycles. The van der Waals surface area contributed by atoms with Crippen molar-refractivity contribution in [2.24, 2.45) is 5.92 Å². The number of nitrogens with one attached hydrogen (secondary N) is 1. The third kappa shape index (κ3) is 4.55. The molecule has 8 heteroatoms. The van der Waals surface area contributed by atoms with E-state index in [-0.39, 0.29) is 18.9 Å². The first-order valence-electron chi connectivity index (χ1n) is 11.1. The molecule has 4 N–H and O–H groups in total. The number of amides is 1. The van der Waals surface area contributed by atoms with Gasteiger partial charge in [-0.3, -0.25) is 4.79 Å². The van der Waals surface area contributed by atoms with Crippen LogP contribution in [0.2, 0.25) is 0 Å². The number of pyridine rings is 1. The zero-order valence-electron chi connectivity index (χ0n) is 18.2. The molecule has 4 rings (SSSR count). The number of aliphatic hydroxyl groups is 1. The Bertz CT molecular complexity index is 943. The summed E-state index contributed by atoms with van der Waals surface area (Å²) in [6.45, 7) is 3.31. The molecule has 1 saturated carbocycles. The molecule has 2 fully saturated rings. The Hall–Kier alpha value is -2.74. The number of piperidine rings is 1. The van der Waals surface area contributed by atoms with E-state index in [0.29, 0.717) is 37.3 Å². The molecular formula is C24H30F2N4O2. The van der Waals surface area contributed by atoms with Crippen LogP contribution in [0.4, 0.5) is 20.4 Å². The number of hydrogen-bond acceptors (Lipinski definition) is 5. The summed E-state index contributed by atoms with van der Waals surface area (Å²) in [5, 5.41) is 14.5. The summed E-state index contributed by atoms with van der Waals surface area (Å²) in [5.41, 5.74) is 5.27. The normalized spacial score (nSPS) is 23.0. The number of hydrogen-bond donors (Lipinski definition) is 3. The highest BCUT2D eigenvalue weighted by atomic mass is 19.3. The summed E-state index contributed by atoms with van der Waals surface area (Å²) in [6.07, 6.45) is 0.612. The Balaban J connectivity index is 1.46. The maximum absolute atomic E-state index is 14.0. The molecule has 32 heavy (non-hydrogen) atoms. The van der Waals surface area contributed by atoms with Crippen molar-refractivity contribution in [3.63, 3.8) is 0 Å². The van der Waals surface area contributed by atoms with Crippen molar-refractivity contribution < 1.29 is 18.7 Å². The molecule has 0 bridgehead atoms. The number of nitrogens with two attached hydrogens (primary N) is 1. The van der Waals surface area contributed by atoms with E-state index in [1.165, 1.54) is 0 Å². The van der Waals surface area contributed by atoms with E-state index in [1.54, 1.807) is 30.3 Å². The molecule has 172 valence electrons. The summed E-state index contributed by atoms with van der Waals surface area (Å²) < 4.78 is 27.9. The van der Waals surface area contributed by atoms with Crippen LogP contribution < -0.4 is 16.0 Å². The molecule has 1 saturated heterocycles. The standard InChI is InChI=1S/C24H30F2N4O2/c1-16-13-20(27)29-21(14-16)30-11-8-19(9-12-30)28-22(31)24(32,17-5-3-2-4-6-17)18-7-10-23(25,26)15-18/h2-6,13-14,18-19,32H,7-12,15H2,1H3,(H2,27,29)(H,28,31)/t18-,24?/m1/s1. The number of halogens is 2. The van der Waals surface area contributed by atoms with Gasteiger partial charge in [0.15, 0.2) is 5.60 Å². The van der Waals surface area contributed by atoms with Gasteiger partial charge < -0.3 is 21.1 Å². The fourth-order valence-electron chi connectivity index (χ4n) is 4.94. The van der Waals surface area contributed by atoms with Gasteiger partial charge in [-0.05, 0) is 49.4 Å².